The van der Waals surface area contributed by atoms with Gasteiger partial charge in [-0.05, 0) is 30.3 Å². The van der Waals surface area contributed by atoms with Crippen molar-refractivity contribution in [1.82, 2.24) is 4.98 Å². The molecular formula is C19H17ClN2O5. The summed E-state index contributed by atoms with van der Waals surface area (Å²) in [5.74, 6) is 2.35. The summed E-state index contributed by atoms with van der Waals surface area (Å²) in [6.45, 7) is 0.206. The van der Waals surface area contributed by atoms with Gasteiger partial charge >= 0.3 is 0 Å². The number of methoxy groups -OCH3 is 1. The van der Waals surface area contributed by atoms with E-state index in [1.165, 1.54) is 6.39 Å². The van der Waals surface area contributed by atoms with Gasteiger partial charge in [-0.3, -0.25) is 0 Å². The molecule has 0 amide bonds. The number of hydrogen-bond acceptors (Lipinski definition) is 7. The van der Waals surface area contributed by atoms with Crippen LogP contribution in [-0.2, 0) is 0 Å². The fourth-order valence-electron chi connectivity index (χ4n) is 2.77. The number of aliphatic hydroxyl groups excluding tert-OH is 1. The maximum absolute atomic E-state index is 10.5. The van der Waals surface area contributed by atoms with Gasteiger partial charge in [0.25, 0.3) is 0 Å². The molecule has 4 rings (SSSR count). The van der Waals surface area contributed by atoms with Crippen LogP contribution in [0.1, 0.15) is 0 Å². The van der Waals surface area contributed by atoms with Crippen LogP contribution in [0.25, 0.3) is 11.3 Å². The normalized spacial score (nSPS) is 16.6. The number of nitrogens with one attached hydrogen (secondary N) is 1. The minimum absolute atomic E-state index is 0.206. The van der Waals surface area contributed by atoms with Gasteiger partial charge in [0.05, 0.1) is 18.3 Å². The van der Waals surface area contributed by atoms with Crippen LogP contribution in [0.15, 0.2) is 53.4 Å². The fraction of sp³-hybridized carbons (Fsp3) is 0.211. The number of ether oxygens (including phenoxy) is 3. The number of aromatic nitrogens is 1. The molecule has 3 aromatic rings. The predicted octanol–water partition coefficient (Wildman–Crippen LogP) is 3.57. The third kappa shape index (κ3) is 3.65. The SMILES string of the molecule is COc1ccc2c(c1)OC(C(O)Nc1ccc(-c3cnco3)c(Cl)c1)CO2. The van der Waals surface area contributed by atoms with Crippen molar-refractivity contribution in [2.24, 2.45) is 0 Å². The Morgan fingerprint density at radius 3 is 2.89 bits per heavy atom. The van der Waals surface area contributed by atoms with Crippen LogP contribution in [-0.4, -0.2) is 36.1 Å². The molecule has 0 radical (unpaired) electrons. The molecule has 8 heteroatoms. The van der Waals surface area contributed by atoms with Crippen molar-refractivity contribution < 1.29 is 23.7 Å². The van der Waals surface area contributed by atoms with E-state index in [0.717, 1.165) is 0 Å². The Morgan fingerprint density at radius 2 is 2.15 bits per heavy atom. The minimum Gasteiger partial charge on any atom is -0.497 e. The summed E-state index contributed by atoms with van der Waals surface area (Å²) >= 11 is 6.31. The van der Waals surface area contributed by atoms with E-state index < -0.39 is 12.3 Å². The second kappa shape index (κ2) is 7.38. The Bertz CT molecular complexity index is 932. The average molecular weight is 389 g/mol. The van der Waals surface area contributed by atoms with Gasteiger partial charge in [-0.2, -0.15) is 0 Å². The molecule has 0 saturated carbocycles. The molecule has 2 atom stereocenters. The lowest BCUT2D eigenvalue weighted by Gasteiger charge is -2.30. The van der Waals surface area contributed by atoms with Gasteiger partial charge in [0.2, 0.25) is 0 Å². The Kier molecular flexibility index (Phi) is 4.79. The molecule has 7 nitrogen and oxygen atoms in total. The maximum Gasteiger partial charge on any atom is 0.181 e. The first-order valence-corrected chi connectivity index (χ1v) is 8.62. The van der Waals surface area contributed by atoms with Crippen LogP contribution >= 0.6 is 11.6 Å². The number of hydrogen-bond donors (Lipinski definition) is 2. The Morgan fingerprint density at radius 1 is 1.26 bits per heavy atom. The number of nitrogens with zero attached hydrogens (tertiary/aromatic N) is 1. The van der Waals surface area contributed by atoms with Crippen molar-refractivity contribution in [1.29, 1.82) is 0 Å². The summed E-state index contributed by atoms with van der Waals surface area (Å²) in [6, 6.07) is 10.5. The van der Waals surface area contributed by atoms with Crippen molar-refractivity contribution in [3.8, 4) is 28.6 Å². The van der Waals surface area contributed by atoms with Gasteiger partial charge in [0.15, 0.2) is 36.0 Å². The second-order valence-electron chi connectivity index (χ2n) is 5.93. The molecule has 140 valence electrons. The van der Waals surface area contributed by atoms with Gasteiger partial charge in [0, 0.05) is 17.3 Å². The lowest BCUT2D eigenvalue weighted by atomic mass is 10.1. The molecule has 1 aromatic heterocycles. The van der Waals surface area contributed by atoms with Crippen molar-refractivity contribution in [3.05, 3.63) is 54.0 Å². The molecule has 0 spiro atoms. The Balaban J connectivity index is 1.46. The van der Waals surface area contributed by atoms with E-state index in [0.29, 0.717) is 39.3 Å². The van der Waals surface area contributed by atoms with E-state index in [1.807, 2.05) is 0 Å². The fourth-order valence-corrected chi connectivity index (χ4v) is 3.04. The van der Waals surface area contributed by atoms with Crippen LogP contribution in [0.2, 0.25) is 5.02 Å². The van der Waals surface area contributed by atoms with Gasteiger partial charge < -0.3 is 29.1 Å². The molecule has 2 unspecified atom stereocenters. The van der Waals surface area contributed by atoms with Crippen LogP contribution in [0.4, 0.5) is 5.69 Å². The van der Waals surface area contributed by atoms with Crippen LogP contribution in [0.3, 0.4) is 0 Å². The first kappa shape index (κ1) is 17.5. The van der Waals surface area contributed by atoms with Crippen molar-refractivity contribution in [2.45, 2.75) is 12.3 Å². The first-order chi connectivity index (χ1) is 13.1. The van der Waals surface area contributed by atoms with Crippen molar-refractivity contribution in [3.63, 3.8) is 0 Å². The summed E-state index contributed by atoms with van der Waals surface area (Å²) < 4.78 is 22.0. The topological polar surface area (TPSA) is 86.0 Å². The number of oxazole rings is 1. The molecule has 2 heterocycles. The third-order valence-electron chi connectivity index (χ3n) is 4.17. The summed E-state index contributed by atoms with van der Waals surface area (Å²) in [7, 11) is 1.57. The van der Waals surface area contributed by atoms with Gasteiger partial charge in [-0.15, -0.1) is 0 Å². The molecule has 2 aromatic carbocycles. The van der Waals surface area contributed by atoms with E-state index >= 15 is 0 Å². The number of aliphatic hydroxyl groups is 1. The summed E-state index contributed by atoms with van der Waals surface area (Å²) in [5.41, 5.74) is 1.35. The van der Waals surface area contributed by atoms with Crippen molar-refractivity contribution >= 4 is 17.3 Å². The number of rotatable bonds is 5. The Hall–Kier alpha value is -2.90. The van der Waals surface area contributed by atoms with Crippen LogP contribution < -0.4 is 19.5 Å². The summed E-state index contributed by atoms with van der Waals surface area (Å²) in [5, 5.41) is 13.9. The lowest BCUT2D eigenvalue weighted by molar-refractivity contribution is 0.00337. The monoisotopic (exact) mass is 388 g/mol. The number of halogens is 1. The highest BCUT2D eigenvalue weighted by molar-refractivity contribution is 6.33. The zero-order chi connectivity index (χ0) is 18.8. The van der Waals surface area contributed by atoms with E-state index in [4.69, 9.17) is 30.2 Å². The predicted molar refractivity (Wildman–Crippen MR) is 99.5 cm³/mol. The van der Waals surface area contributed by atoms with Crippen LogP contribution in [0, 0.1) is 0 Å². The highest BCUT2D eigenvalue weighted by atomic mass is 35.5. The highest BCUT2D eigenvalue weighted by Gasteiger charge is 2.28. The van der Waals surface area contributed by atoms with E-state index in [9.17, 15) is 5.11 Å². The molecule has 1 aliphatic rings. The van der Waals surface area contributed by atoms with Gasteiger partial charge in [0.1, 0.15) is 12.4 Å². The zero-order valence-corrected chi connectivity index (χ0v) is 15.1. The van der Waals surface area contributed by atoms with Gasteiger partial charge in [-0.25, -0.2) is 4.98 Å². The van der Waals surface area contributed by atoms with Gasteiger partial charge in [-0.1, -0.05) is 11.6 Å². The van der Waals surface area contributed by atoms with Crippen LogP contribution in [0.5, 0.6) is 17.2 Å². The molecule has 1 aliphatic heterocycles. The average Bonchev–Trinajstić information content (AvgIpc) is 3.21. The third-order valence-corrected chi connectivity index (χ3v) is 4.48. The van der Waals surface area contributed by atoms with E-state index in [1.54, 1.807) is 49.7 Å². The Labute approximate surface area is 160 Å². The van der Waals surface area contributed by atoms with E-state index in [2.05, 4.69) is 10.3 Å². The molecule has 27 heavy (non-hydrogen) atoms. The molecule has 0 fully saturated rings. The second-order valence-corrected chi connectivity index (χ2v) is 6.34. The first-order valence-electron chi connectivity index (χ1n) is 8.24. The molecule has 0 saturated heterocycles. The minimum atomic E-state index is -1.00. The number of fused-ring (bicyclic) bond motifs is 1. The smallest absolute Gasteiger partial charge is 0.181 e. The number of benzene rings is 2. The molecule has 2 N–H and O–H groups in total. The molecule has 0 bridgehead atoms. The van der Waals surface area contributed by atoms with Crippen molar-refractivity contribution in [2.75, 3.05) is 19.0 Å². The number of anilines is 1. The maximum atomic E-state index is 10.5. The largest absolute Gasteiger partial charge is 0.497 e. The lowest BCUT2D eigenvalue weighted by Crippen LogP contribution is -2.43. The zero-order valence-electron chi connectivity index (χ0n) is 14.4. The summed E-state index contributed by atoms with van der Waals surface area (Å²) in [6.07, 6.45) is 1.32. The van der Waals surface area contributed by atoms with E-state index in [-0.39, 0.29) is 6.61 Å². The highest BCUT2D eigenvalue weighted by Crippen LogP contribution is 2.36. The quantitative estimate of drug-likeness (QED) is 0.646. The molecule has 0 aliphatic carbocycles. The summed E-state index contributed by atoms with van der Waals surface area (Å²) in [4.78, 5) is 3.88. The molecular weight excluding hydrogens is 372 g/mol. The standard InChI is InChI=1S/C19H17ClN2O5/c1-24-12-3-5-15-16(7-12)27-18(9-25-15)19(23)22-11-2-4-13(14(20)6-11)17-8-21-10-26-17/h2-8,10,18-19,22-23H,9H2,1H3.